The molecule has 0 saturated heterocycles. The van der Waals surface area contributed by atoms with Crippen LogP contribution in [0.1, 0.15) is 6.92 Å². The van der Waals surface area contributed by atoms with Gasteiger partial charge >= 0.3 is 0 Å². The van der Waals surface area contributed by atoms with Crippen molar-refractivity contribution in [2.24, 2.45) is 0 Å². The van der Waals surface area contributed by atoms with E-state index in [1.165, 1.54) is 10.7 Å². The van der Waals surface area contributed by atoms with E-state index >= 15 is 0 Å². The molecule has 3 aromatic rings. The van der Waals surface area contributed by atoms with Gasteiger partial charge in [-0.05, 0) is 43.3 Å². The third-order valence-corrected chi connectivity index (χ3v) is 3.39. The summed E-state index contributed by atoms with van der Waals surface area (Å²) in [7, 11) is 0. The molecular formula is C18H16FN3O2. The van der Waals surface area contributed by atoms with Gasteiger partial charge in [0, 0.05) is 18.1 Å². The second kappa shape index (κ2) is 6.95. The van der Waals surface area contributed by atoms with Crippen LogP contribution in [-0.4, -0.2) is 21.8 Å². The Morgan fingerprint density at radius 3 is 2.67 bits per heavy atom. The summed E-state index contributed by atoms with van der Waals surface area (Å²) < 4.78 is 21.1. The zero-order valence-electron chi connectivity index (χ0n) is 13.0. The van der Waals surface area contributed by atoms with Crippen LogP contribution in [0.2, 0.25) is 0 Å². The summed E-state index contributed by atoms with van der Waals surface area (Å²) in [4.78, 5) is 12.2. The number of nitrogens with zero attached hydrogens (tertiary/aromatic N) is 2. The summed E-state index contributed by atoms with van der Waals surface area (Å²) in [6, 6.07) is 15.2. The Hall–Kier alpha value is -3.15. The van der Waals surface area contributed by atoms with E-state index in [9.17, 15) is 9.18 Å². The minimum Gasteiger partial charge on any atom is -0.481 e. The fourth-order valence-electron chi connectivity index (χ4n) is 2.18. The molecule has 0 fully saturated rings. The quantitative estimate of drug-likeness (QED) is 0.782. The number of benzene rings is 2. The number of ether oxygens (including phenoxy) is 1. The number of hydrogen-bond donors (Lipinski definition) is 1. The molecule has 122 valence electrons. The molecule has 1 N–H and O–H groups in total. The van der Waals surface area contributed by atoms with Crippen molar-refractivity contribution in [3.63, 3.8) is 0 Å². The van der Waals surface area contributed by atoms with Gasteiger partial charge in [0.2, 0.25) is 0 Å². The van der Waals surface area contributed by atoms with Crippen LogP contribution in [0.25, 0.3) is 5.69 Å². The van der Waals surface area contributed by atoms with Crippen LogP contribution in [0.3, 0.4) is 0 Å². The normalized spacial score (nSPS) is 11.8. The van der Waals surface area contributed by atoms with Gasteiger partial charge in [-0.15, -0.1) is 0 Å². The third kappa shape index (κ3) is 3.60. The lowest BCUT2D eigenvalue weighted by atomic mass is 10.2. The minimum atomic E-state index is -0.707. The highest BCUT2D eigenvalue weighted by molar-refractivity contribution is 5.94. The van der Waals surface area contributed by atoms with Crippen molar-refractivity contribution in [1.82, 2.24) is 9.78 Å². The molecule has 0 radical (unpaired) electrons. The van der Waals surface area contributed by atoms with E-state index in [2.05, 4.69) is 10.4 Å². The summed E-state index contributed by atoms with van der Waals surface area (Å²) >= 11 is 0. The minimum absolute atomic E-state index is 0.312. The van der Waals surface area contributed by atoms with Gasteiger partial charge in [0.05, 0.1) is 0 Å². The summed E-state index contributed by atoms with van der Waals surface area (Å²) in [6.45, 7) is 1.64. The molecule has 1 aromatic heterocycles. The number of halogens is 1. The lowest BCUT2D eigenvalue weighted by Gasteiger charge is -2.15. The van der Waals surface area contributed by atoms with Crippen molar-refractivity contribution in [2.45, 2.75) is 13.0 Å². The molecule has 5 nitrogen and oxygen atoms in total. The van der Waals surface area contributed by atoms with Crippen LogP contribution in [0, 0.1) is 5.82 Å². The number of carbonyl (C=O) groups is 1. The van der Waals surface area contributed by atoms with Crippen LogP contribution < -0.4 is 10.1 Å². The number of rotatable bonds is 5. The molecule has 6 heteroatoms. The molecule has 1 heterocycles. The smallest absolute Gasteiger partial charge is 0.265 e. The van der Waals surface area contributed by atoms with Crippen LogP contribution in [0.5, 0.6) is 5.75 Å². The summed E-state index contributed by atoms with van der Waals surface area (Å²) in [5, 5.41) is 6.62. The number of para-hydroxylation sites is 1. The van der Waals surface area contributed by atoms with Gasteiger partial charge < -0.3 is 10.1 Å². The van der Waals surface area contributed by atoms with Crippen molar-refractivity contribution in [1.29, 1.82) is 0 Å². The topological polar surface area (TPSA) is 56.1 Å². The fourth-order valence-corrected chi connectivity index (χ4v) is 2.18. The number of aromatic nitrogens is 2. The molecule has 24 heavy (non-hydrogen) atoms. The first-order valence-electron chi connectivity index (χ1n) is 7.45. The predicted octanol–water partition coefficient (Wildman–Crippen LogP) is 3.42. The first-order chi connectivity index (χ1) is 11.6. The highest BCUT2D eigenvalue weighted by atomic mass is 19.1. The molecular weight excluding hydrogens is 309 g/mol. The van der Waals surface area contributed by atoms with Gasteiger partial charge in [-0.3, -0.25) is 4.79 Å². The second-order valence-electron chi connectivity index (χ2n) is 5.18. The molecule has 0 aliphatic carbocycles. The van der Waals surface area contributed by atoms with Gasteiger partial charge in [-0.25, -0.2) is 9.07 Å². The first-order valence-corrected chi connectivity index (χ1v) is 7.45. The van der Waals surface area contributed by atoms with Gasteiger partial charge in [-0.2, -0.15) is 5.10 Å². The van der Waals surface area contributed by atoms with Crippen molar-refractivity contribution in [2.75, 3.05) is 5.32 Å². The Morgan fingerprint density at radius 2 is 2.00 bits per heavy atom. The highest BCUT2D eigenvalue weighted by Crippen LogP contribution is 2.18. The predicted molar refractivity (Wildman–Crippen MR) is 88.7 cm³/mol. The van der Waals surface area contributed by atoms with Gasteiger partial charge in [0.15, 0.2) is 11.9 Å². The Kier molecular flexibility index (Phi) is 4.56. The zero-order valence-corrected chi connectivity index (χ0v) is 13.0. The van der Waals surface area contributed by atoms with Crippen LogP contribution in [-0.2, 0) is 4.79 Å². The van der Waals surface area contributed by atoms with E-state index in [1.54, 1.807) is 49.6 Å². The molecule has 0 spiro atoms. The van der Waals surface area contributed by atoms with E-state index in [0.29, 0.717) is 17.1 Å². The molecule has 2 aromatic carbocycles. The monoisotopic (exact) mass is 325 g/mol. The van der Waals surface area contributed by atoms with E-state index in [1.807, 2.05) is 18.2 Å². The number of amides is 1. The maximum atomic E-state index is 14.2. The molecule has 1 amide bonds. The van der Waals surface area contributed by atoms with E-state index in [4.69, 9.17) is 4.74 Å². The summed E-state index contributed by atoms with van der Waals surface area (Å²) in [6.07, 6.45) is 2.51. The average molecular weight is 325 g/mol. The molecule has 0 saturated carbocycles. The van der Waals surface area contributed by atoms with Crippen molar-refractivity contribution in [3.8, 4) is 11.4 Å². The molecule has 0 aliphatic heterocycles. The standard InChI is InChI=1S/C18H16FN3O2/c1-13(24-15-6-3-2-4-7-15)18(23)21-14-8-9-17(16(19)12-14)22-11-5-10-20-22/h2-13H,1H3,(H,21,23)/t13-/m0/s1. The molecule has 0 unspecified atom stereocenters. The molecule has 3 rings (SSSR count). The number of anilines is 1. The van der Waals surface area contributed by atoms with Crippen LogP contribution in [0.4, 0.5) is 10.1 Å². The molecule has 1 atom stereocenters. The van der Waals surface area contributed by atoms with Gasteiger partial charge in [0.1, 0.15) is 11.4 Å². The SMILES string of the molecule is C[C@H](Oc1ccccc1)C(=O)Nc1ccc(-n2cccn2)c(F)c1. The fraction of sp³-hybridized carbons (Fsp3) is 0.111. The van der Waals surface area contributed by atoms with Crippen molar-refractivity contribution < 1.29 is 13.9 Å². The lowest BCUT2D eigenvalue weighted by Crippen LogP contribution is -2.30. The number of hydrogen-bond acceptors (Lipinski definition) is 3. The highest BCUT2D eigenvalue weighted by Gasteiger charge is 2.15. The van der Waals surface area contributed by atoms with Gasteiger partial charge in [-0.1, -0.05) is 18.2 Å². The van der Waals surface area contributed by atoms with Crippen LogP contribution in [0.15, 0.2) is 67.0 Å². The summed E-state index contributed by atoms with van der Waals surface area (Å²) in [5.41, 5.74) is 0.670. The number of nitrogens with one attached hydrogen (secondary N) is 1. The Balaban J connectivity index is 1.67. The Morgan fingerprint density at radius 1 is 1.21 bits per heavy atom. The van der Waals surface area contributed by atoms with E-state index < -0.39 is 11.9 Å². The van der Waals surface area contributed by atoms with Crippen molar-refractivity contribution in [3.05, 3.63) is 72.8 Å². The Labute approximate surface area is 138 Å². The molecule has 0 bridgehead atoms. The number of carbonyl (C=O) groups excluding carboxylic acids is 1. The molecule has 0 aliphatic rings. The van der Waals surface area contributed by atoms with Crippen molar-refractivity contribution >= 4 is 11.6 Å². The first kappa shape index (κ1) is 15.7. The van der Waals surface area contributed by atoms with E-state index in [-0.39, 0.29) is 5.91 Å². The van der Waals surface area contributed by atoms with E-state index in [0.717, 1.165) is 0 Å². The van der Waals surface area contributed by atoms with Gasteiger partial charge in [0.25, 0.3) is 5.91 Å². The lowest BCUT2D eigenvalue weighted by molar-refractivity contribution is -0.122. The summed E-state index contributed by atoms with van der Waals surface area (Å²) in [5.74, 6) is -0.237. The third-order valence-electron chi connectivity index (χ3n) is 3.39. The second-order valence-corrected chi connectivity index (χ2v) is 5.18. The largest absolute Gasteiger partial charge is 0.481 e. The zero-order chi connectivity index (χ0) is 16.9. The maximum Gasteiger partial charge on any atom is 0.265 e. The Bertz CT molecular complexity index is 820. The maximum absolute atomic E-state index is 14.2. The average Bonchev–Trinajstić information content (AvgIpc) is 3.10. The van der Waals surface area contributed by atoms with Crippen LogP contribution >= 0.6 is 0 Å².